The number of nitrogens with zero attached hydrogens (tertiary/aromatic N) is 1. The van der Waals surface area contributed by atoms with Gasteiger partial charge in [-0.3, -0.25) is 14.9 Å². The molecule has 0 unspecified atom stereocenters. The van der Waals surface area contributed by atoms with Gasteiger partial charge in [-0.1, -0.05) is 25.5 Å². The summed E-state index contributed by atoms with van der Waals surface area (Å²) in [5.74, 6) is -0.886. The molecule has 2 aromatic rings. The fourth-order valence-corrected chi connectivity index (χ4v) is 2.33. The van der Waals surface area contributed by atoms with Gasteiger partial charge in [-0.15, -0.1) is 0 Å². The second-order valence-corrected chi connectivity index (χ2v) is 6.05. The summed E-state index contributed by atoms with van der Waals surface area (Å²) < 4.78 is 10.0. The Balaban J connectivity index is 1.70. The molecular weight excluding hydrogens is 364 g/mol. The number of aryl methyl sites for hydroxylation is 1. The van der Waals surface area contributed by atoms with Crippen molar-refractivity contribution in [2.24, 2.45) is 0 Å². The van der Waals surface area contributed by atoms with Crippen LogP contribution in [0.5, 0.6) is 5.75 Å². The molecular formula is C20H22N2O6. The van der Waals surface area contributed by atoms with Crippen molar-refractivity contribution in [1.29, 1.82) is 0 Å². The molecule has 0 aliphatic carbocycles. The number of carbonyl (C=O) groups excluding carboxylic acids is 2. The first kappa shape index (κ1) is 20.9. The lowest BCUT2D eigenvalue weighted by molar-refractivity contribution is -0.384. The molecule has 0 aliphatic rings. The summed E-state index contributed by atoms with van der Waals surface area (Å²) in [5, 5.41) is 13.2. The normalized spacial score (nSPS) is 10.2. The molecule has 148 valence electrons. The Morgan fingerprint density at radius 2 is 1.71 bits per heavy atom. The van der Waals surface area contributed by atoms with E-state index in [1.54, 1.807) is 0 Å². The van der Waals surface area contributed by atoms with Gasteiger partial charge in [0, 0.05) is 17.8 Å². The van der Waals surface area contributed by atoms with Crippen LogP contribution in [-0.4, -0.2) is 30.0 Å². The van der Waals surface area contributed by atoms with Gasteiger partial charge in [0.05, 0.1) is 4.92 Å². The molecule has 28 heavy (non-hydrogen) atoms. The number of nitro groups is 1. The third-order valence-electron chi connectivity index (χ3n) is 3.83. The number of nitro benzene ring substituents is 1. The Hall–Kier alpha value is -3.42. The average molecular weight is 386 g/mol. The third-order valence-corrected chi connectivity index (χ3v) is 3.83. The highest BCUT2D eigenvalue weighted by molar-refractivity contribution is 5.92. The van der Waals surface area contributed by atoms with E-state index in [9.17, 15) is 19.7 Å². The Bertz CT molecular complexity index is 802. The van der Waals surface area contributed by atoms with Crippen LogP contribution in [0.3, 0.4) is 0 Å². The van der Waals surface area contributed by atoms with Crippen LogP contribution >= 0.6 is 0 Å². The van der Waals surface area contributed by atoms with E-state index < -0.39 is 30.0 Å². The molecule has 0 radical (unpaired) electrons. The van der Waals surface area contributed by atoms with E-state index in [4.69, 9.17) is 9.47 Å². The zero-order chi connectivity index (χ0) is 20.4. The monoisotopic (exact) mass is 386 g/mol. The zero-order valence-electron chi connectivity index (χ0n) is 15.6. The van der Waals surface area contributed by atoms with Gasteiger partial charge in [0.25, 0.3) is 11.6 Å². The van der Waals surface area contributed by atoms with Gasteiger partial charge < -0.3 is 14.8 Å². The maximum Gasteiger partial charge on any atom is 0.344 e. The van der Waals surface area contributed by atoms with E-state index in [0.717, 1.165) is 19.3 Å². The number of unbranched alkanes of at least 4 members (excludes halogenated alkanes) is 1. The molecule has 0 saturated heterocycles. The molecule has 8 nitrogen and oxygen atoms in total. The van der Waals surface area contributed by atoms with Crippen LogP contribution in [0.2, 0.25) is 0 Å². The molecule has 0 fully saturated rings. The standard InChI is InChI=1S/C20H22N2O6/c1-2-3-4-15-5-7-16(8-6-15)21-19(23)13-28-20(24)14-27-18-11-9-17(10-12-18)22(25)26/h5-12H,2-4,13-14H2,1H3,(H,21,23). The first-order chi connectivity index (χ1) is 13.5. The molecule has 2 rings (SSSR count). The quantitative estimate of drug-likeness (QED) is 0.380. The van der Waals surface area contributed by atoms with Gasteiger partial charge in [0.1, 0.15) is 5.75 Å². The SMILES string of the molecule is CCCCc1ccc(NC(=O)COC(=O)COc2ccc([N+](=O)[O-])cc2)cc1. The minimum Gasteiger partial charge on any atom is -0.482 e. The van der Waals surface area contributed by atoms with Gasteiger partial charge in [-0.25, -0.2) is 4.79 Å². The second kappa shape index (κ2) is 10.7. The van der Waals surface area contributed by atoms with E-state index >= 15 is 0 Å². The Morgan fingerprint density at radius 1 is 1.04 bits per heavy atom. The van der Waals surface area contributed by atoms with Crippen LogP contribution in [0.15, 0.2) is 48.5 Å². The molecule has 0 aromatic heterocycles. The van der Waals surface area contributed by atoms with Crippen LogP contribution in [0.1, 0.15) is 25.3 Å². The fourth-order valence-electron chi connectivity index (χ4n) is 2.33. The topological polar surface area (TPSA) is 108 Å². The number of rotatable bonds is 10. The van der Waals surface area contributed by atoms with E-state index in [-0.39, 0.29) is 11.4 Å². The molecule has 0 heterocycles. The Morgan fingerprint density at radius 3 is 2.32 bits per heavy atom. The first-order valence-electron chi connectivity index (χ1n) is 8.89. The molecule has 0 bridgehead atoms. The lowest BCUT2D eigenvalue weighted by Gasteiger charge is -2.08. The van der Waals surface area contributed by atoms with Crippen LogP contribution in [0, 0.1) is 10.1 Å². The molecule has 0 atom stereocenters. The Kier molecular flexibility index (Phi) is 7.95. The van der Waals surface area contributed by atoms with Crippen molar-refractivity contribution >= 4 is 23.3 Å². The number of hydrogen-bond acceptors (Lipinski definition) is 6. The van der Waals surface area contributed by atoms with Crippen molar-refractivity contribution in [3.63, 3.8) is 0 Å². The number of nitrogens with one attached hydrogen (secondary N) is 1. The van der Waals surface area contributed by atoms with Crippen LogP contribution in [-0.2, 0) is 20.7 Å². The largest absolute Gasteiger partial charge is 0.482 e. The predicted molar refractivity (Wildman–Crippen MR) is 103 cm³/mol. The second-order valence-electron chi connectivity index (χ2n) is 6.05. The van der Waals surface area contributed by atoms with Crippen molar-refractivity contribution in [3.8, 4) is 5.75 Å². The van der Waals surface area contributed by atoms with Crippen molar-refractivity contribution in [2.45, 2.75) is 26.2 Å². The fraction of sp³-hybridized carbons (Fsp3) is 0.300. The number of non-ortho nitro benzene ring substituents is 1. The van der Waals surface area contributed by atoms with E-state index in [0.29, 0.717) is 5.69 Å². The van der Waals surface area contributed by atoms with E-state index in [2.05, 4.69) is 12.2 Å². The van der Waals surface area contributed by atoms with Gasteiger partial charge in [0.2, 0.25) is 0 Å². The number of esters is 1. The van der Waals surface area contributed by atoms with Gasteiger partial charge in [0.15, 0.2) is 13.2 Å². The molecule has 0 aliphatic heterocycles. The number of amides is 1. The van der Waals surface area contributed by atoms with Gasteiger partial charge >= 0.3 is 5.97 Å². The van der Waals surface area contributed by atoms with Crippen LogP contribution < -0.4 is 10.1 Å². The lowest BCUT2D eigenvalue weighted by Crippen LogP contribution is -2.23. The number of ether oxygens (including phenoxy) is 2. The molecule has 1 amide bonds. The summed E-state index contributed by atoms with van der Waals surface area (Å²) in [7, 11) is 0. The smallest absolute Gasteiger partial charge is 0.344 e. The van der Waals surface area contributed by atoms with Gasteiger partial charge in [-0.2, -0.15) is 0 Å². The molecule has 0 spiro atoms. The summed E-state index contributed by atoms with van der Waals surface area (Å²) in [6, 6.07) is 12.8. The first-order valence-corrected chi connectivity index (χ1v) is 8.89. The van der Waals surface area contributed by atoms with Crippen molar-refractivity contribution < 1.29 is 24.0 Å². The van der Waals surface area contributed by atoms with Gasteiger partial charge in [-0.05, 0) is 42.7 Å². The highest BCUT2D eigenvalue weighted by atomic mass is 16.6. The van der Waals surface area contributed by atoms with Crippen molar-refractivity contribution in [3.05, 3.63) is 64.2 Å². The number of hydrogen-bond donors (Lipinski definition) is 1. The highest BCUT2D eigenvalue weighted by Crippen LogP contribution is 2.17. The maximum absolute atomic E-state index is 11.9. The van der Waals surface area contributed by atoms with E-state index in [1.165, 1.54) is 29.8 Å². The molecule has 0 saturated carbocycles. The lowest BCUT2D eigenvalue weighted by atomic mass is 10.1. The summed E-state index contributed by atoms with van der Waals surface area (Å²) in [6.45, 7) is 1.30. The average Bonchev–Trinajstić information content (AvgIpc) is 2.70. The van der Waals surface area contributed by atoms with Crippen LogP contribution in [0.4, 0.5) is 11.4 Å². The summed E-state index contributed by atoms with van der Waals surface area (Å²) in [4.78, 5) is 33.6. The maximum atomic E-state index is 11.9. The number of anilines is 1. The number of carbonyl (C=O) groups is 2. The molecule has 8 heteroatoms. The summed E-state index contributed by atoms with van der Waals surface area (Å²) in [6.07, 6.45) is 3.23. The van der Waals surface area contributed by atoms with E-state index in [1.807, 2.05) is 24.3 Å². The zero-order valence-corrected chi connectivity index (χ0v) is 15.6. The molecule has 1 N–H and O–H groups in total. The Labute approximate surface area is 162 Å². The van der Waals surface area contributed by atoms with Crippen molar-refractivity contribution in [1.82, 2.24) is 0 Å². The van der Waals surface area contributed by atoms with Crippen LogP contribution in [0.25, 0.3) is 0 Å². The summed E-state index contributed by atoms with van der Waals surface area (Å²) >= 11 is 0. The summed E-state index contributed by atoms with van der Waals surface area (Å²) in [5.41, 5.74) is 1.75. The number of benzene rings is 2. The van der Waals surface area contributed by atoms with Crippen molar-refractivity contribution in [2.75, 3.05) is 18.5 Å². The highest BCUT2D eigenvalue weighted by Gasteiger charge is 2.10. The molecule has 2 aromatic carbocycles. The minimum absolute atomic E-state index is 0.0787. The predicted octanol–water partition coefficient (Wildman–Crippen LogP) is 3.50. The minimum atomic E-state index is -0.719. The third kappa shape index (κ3) is 7.06.